The monoisotopic (exact) mass is 441 g/mol. The van der Waals surface area contributed by atoms with Gasteiger partial charge in [0.05, 0.1) is 17.4 Å². The molecule has 1 unspecified atom stereocenters. The smallest absolute Gasteiger partial charge is 0.263 e. The number of rotatable bonds is 3. The number of aryl methyl sites for hydroxylation is 1. The quantitative estimate of drug-likeness (QED) is 0.578. The van der Waals surface area contributed by atoms with E-state index in [2.05, 4.69) is 38.7 Å². The van der Waals surface area contributed by atoms with E-state index in [1.54, 1.807) is 6.92 Å². The van der Waals surface area contributed by atoms with Gasteiger partial charge in [0.25, 0.3) is 5.91 Å². The van der Waals surface area contributed by atoms with Crippen LogP contribution in [0.2, 0.25) is 0 Å². The fourth-order valence-corrected chi connectivity index (χ4v) is 5.12. The van der Waals surface area contributed by atoms with Crippen LogP contribution in [0.25, 0.3) is 10.2 Å². The number of nitrogen functional groups attached to an aromatic ring is 1. The van der Waals surface area contributed by atoms with Crippen LogP contribution >= 0.6 is 11.3 Å². The molecule has 0 saturated carbocycles. The van der Waals surface area contributed by atoms with E-state index in [1.807, 2.05) is 0 Å². The number of piperazine rings is 1. The van der Waals surface area contributed by atoms with Crippen molar-refractivity contribution in [2.24, 2.45) is 0 Å². The maximum absolute atomic E-state index is 13.9. The molecule has 3 aromatic rings. The lowest BCUT2D eigenvalue weighted by atomic mass is 10.0. The van der Waals surface area contributed by atoms with Crippen LogP contribution in [0.1, 0.15) is 20.9 Å². The first-order valence-electron chi connectivity index (χ1n) is 10.4. The van der Waals surface area contributed by atoms with Crippen molar-refractivity contribution in [2.75, 3.05) is 43.4 Å². The molecule has 4 heterocycles. The Hall–Kier alpha value is -2.91. The largest absolute Gasteiger partial charge is 0.491 e. The molecule has 0 spiro atoms. The molecule has 2 aromatic heterocycles. The van der Waals surface area contributed by atoms with Gasteiger partial charge in [-0.3, -0.25) is 4.79 Å². The Kier molecular flexibility index (Phi) is 5.15. The van der Waals surface area contributed by atoms with E-state index in [0.29, 0.717) is 28.1 Å². The van der Waals surface area contributed by atoms with Crippen molar-refractivity contribution in [3.05, 3.63) is 46.2 Å². The number of nitrogens with zero attached hydrogens (tertiary/aromatic N) is 2. The maximum atomic E-state index is 13.9. The van der Waals surface area contributed by atoms with Crippen LogP contribution in [0.4, 0.5) is 15.8 Å². The summed E-state index contributed by atoms with van der Waals surface area (Å²) in [7, 11) is 0. The highest BCUT2D eigenvalue weighted by molar-refractivity contribution is 7.21. The van der Waals surface area contributed by atoms with Gasteiger partial charge >= 0.3 is 0 Å². The van der Waals surface area contributed by atoms with E-state index in [9.17, 15) is 9.18 Å². The molecule has 0 aliphatic carbocycles. The minimum Gasteiger partial charge on any atom is -0.491 e. The third-order valence-corrected chi connectivity index (χ3v) is 6.94. The minimum absolute atomic E-state index is 0.166. The molecule has 0 radical (unpaired) electrons. The number of hydrogen-bond donors (Lipinski definition) is 3. The molecule has 1 aromatic carbocycles. The number of thiophene rings is 1. The Morgan fingerprint density at radius 2 is 2.16 bits per heavy atom. The van der Waals surface area contributed by atoms with Crippen LogP contribution in [0, 0.1) is 12.7 Å². The van der Waals surface area contributed by atoms with Gasteiger partial charge in [-0.2, -0.15) is 0 Å². The number of anilines is 2. The zero-order valence-corrected chi connectivity index (χ0v) is 18.0. The number of nitrogens with two attached hydrogens (primary N) is 1. The van der Waals surface area contributed by atoms with Gasteiger partial charge in [-0.1, -0.05) is 6.07 Å². The lowest BCUT2D eigenvalue weighted by Gasteiger charge is -2.31. The van der Waals surface area contributed by atoms with Gasteiger partial charge in [0.2, 0.25) is 0 Å². The van der Waals surface area contributed by atoms with Crippen molar-refractivity contribution < 1.29 is 13.9 Å². The van der Waals surface area contributed by atoms with Gasteiger partial charge in [-0.15, -0.1) is 11.3 Å². The highest BCUT2D eigenvalue weighted by Crippen LogP contribution is 2.34. The topological polar surface area (TPSA) is 92.5 Å². The number of halogens is 1. The number of ether oxygens (including phenoxy) is 1. The molecule has 5 rings (SSSR count). The number of benzene rings is 1. The van der Waals surface area contributed by atoms with Crippen molar-refractivity contribution in [1.29, 1.82) is 0 Å². The fraction of sp³-hybridized carbons (Fsp3) is 0.364. The van der Waals surface area contributed by atoms with E-state index >= 15 is 0 Å². The second-order valence-electron chi connectivity index (χ2n) is 7.97. The number of pyridine rings is 1. The lowest BCUT2D eigenvalue weighted by Crippen LogP contribution is -2.44. The Labute approximate surface area is 183 Å². The second-order valence-corrected chi connectivity index (χ2v) is 8.97. The van der Waals surface area contributed by atoms with Crippen molar-refractivity contribution >= 4 is 38.8 Å². The van der Waals surface area contributed by atoms with Gasteiger partial charge in [0.15, 0.2) is 0 Å². The van der Waals surface area contributed by atoms with Gasteiger partial charge in [0.1, 0.15) is 27.9 Å². The van der Waals surface area contributed by atoms with Gasteiger partial charge in [-0.05, 0) is 31.0 Å². The third-order valence-electron chi connectivity index (χ3n) is 5.83. The zero-order chi connectivity index (χ0) is 21.5. The molecule has 4 N–H and O–H groups in total. The Balaban J connectivity index is 1.30. The molecule has 1 saturated heterocycles. The number of carbonyl (C=O) groups is 1. The standard InChI is InChI=1S/C22H24FN5O2S/c1-12-17(23)10-16-19(24)20(31-22(16)26-12)21(29)27-14-8-13-2-3-15(9-18(13)30-11-14)28-6-4-25-5-7-28/h2-3,9-10,14,25H,4-8,11,24H2,1H3,(H,27,29). The molecule has 2 aliphatic rings. The normalized spacial score (nSPS) is 18.5. The molecular weight excluding hydrogens is 417 g/mol. The summed E-state index contributed by atoms with van der Waals surface area (Å²) < 4.78 is 19.8. The summed E-state index contributed by atoms with van der Waals surface area (Å²) in [5, 5.41) is 6.85. The van der Waals surface area contributed by atoms with Crippen molar-refractivity contribution in [3.63, 3.8) is 0 Å². The van der Waals surface area contributed by atoms with Crippen molar-refractivity contribution in [3.8, 4) is 5.75 Å². The molecule has 162 valence electrons. The number of nitrogens with one attached hydrogen (secondary N) is 2. The summed E-state index contributed by atoms with van der Waals surface area (Å²) in [5.74, 6) is 0.160. The average Bonchev–Trinajstić information content (AvgIpc) is 3.10. The molecule has 7 nitrogen and oxygen atoms in total. The number of hydrogen-bond acceptors (Lipinski definition) is 7. The van der Waals surface area contributed by atoms with Crippen LogP contribution in [-0.2, 0) is 6.42 Å². The molecular formula is C22H24FN5O2S. The number of carbonyl (C=O) groups excluding carboxylic acids is 1. The Morgan fingerprint density at radius 1 is 1.35 bits per heavy atom. The lowest BCUT2D eigenvalue weighted by molar-refractivity contribution is 0.0920. The van der Waals surface area contributed by atoms with Crippen LogP contribution in [-0.4, -0.2) is 49.7 Å². The maximum Gasteiger partial charge on any atom is 0.263 e. The number of amides is 1. The summed E-state index contributed by atoms with van der Waals surface area (Å²) in [4.78, 5) is 20.3. The summed E-state index contributed by atoms with van der Waals surface area (Å²) in [6.45, 7) is 5.90. The third kappa shape index (κ3) is 3.79. The summed E-state index contributed by atoms with van der Waals surface area (Å²) >= 11 is 1.18. The average molecular weight is 442 g/mol. The second kappa shape index (κ2) is 7.97. The fourth-order valence-electron chi connectivity index (χ4n) is 4.10. The molecule has 31 heavy (non-hydrogen) atoms. The molecule has 0 bridgehead atoms. The highest BCUT2D eigenvalue weighted by Gasteiger charge is 2.25. The van der Waals surface area contributed by atoms with E-state index in [4.69, 9.17) is 10.5 Å². The zero-order valence-electron chi connectivity index (χ0n) is 17.2. The van der Waals surface area contributed by atoms with Crippen molar-refractivity contribution in [1.82, 2.24) is 15.6 Å². The predicted octanol–water partition coefficient (Wildman–Crippen LogP) is 2.47. The highest BCUT2D eigenvalue weighted by atomic mass is 32.1. The first-order chi connectivity index (χ1) is 15.0. The first kappa shape index (κ1) is 20.0. The van der Waals surface area contributed by atoms with Gasteiger partial charge in [-0.25, -0.2) is 9.37 Å². The molecule has 2 aliphatic heterocycles. The first-order valence-corrected chi connectivity index (χ1v) is 11.2. The Bertz CT molecular complexity index is 1160. The minimum atomic E-state index is -0.429. The van der Waals surface area contributed by atoms with Gasteiger partial charge < -0.3 is 26.0 Å². The summed E-state index contributed by atoms with van der Waals surface area (Å²) in [6.07, 6.45) is 0.680. The molecule has 1 amide bonds. The van der Waals surface area contributed by atoms with Crippen LogP contribution in [0.15, 0.2) is 24.3 Å². The predicted molar refractivity (Wildman–Crippen MR) is 121 cm³/mol. The van der Waals surface area contributed by atoms with Crippen molar-refractivity contribution in [2.45, 2.75) is 19.4 Å². The number of aromatic nitrogens is 1. The van der Waals surface area contributed by atoms with E-state index in [1.165, 1.54) is 17.4 Å². The Morgan fingerprint density at radius 3 is 2.97 bits per heavy atom. The molecule has 1 fully saturated rings. The van der Waals surface area contributed by atoms with Crippen LogP contribution in [0.3, 0.4) is 0 Å². The van der Waals surface area contributed by atoms with Gasteiger partial charge in [0, 0.05) is 43.3 Å². The van der Waals surface area contributed by atoms with Crippen LogP contribution in [0.5, 0.6) is 5.75 Å². The summed E-state index contributed by atoms with van der Waals surface area (Å²) in [6, 6.07) is 7.46. The number of fused-ring (bicyclic) bond motifs is 2. The van der Waals surface area contributed by atoms with Crippen LogP contribution < -0.4 is 26.0 Å². The SMILES string of the molecule is Cc1nc2sc(C(=O)NC3COc4cc(N5CCNCC5)ccc4C3)c(N)c2cc1F. The summed E-state index contributed by atoms with van der Waals surface area (Å²) in [5.41, 5.74) is 8.92. The van der Waals surface area contributed by atoms with E-state index in [0.717, 1.165) is 43.2 Å². The molecule has 1 atom stereocenters. The van der Waals surface area contributed by atoms with E-state index < -0.39 is 5.82 Å². The van der Waals surface area contributed by atoms with E-state index in [-0.39, 0.29) is 23.3 Å². The molecule has 9 heteroatoms.